The summed E-state index contributed by atoms with van der Waals surface area (Å²) in [6.45, 7) is 0.0295. The van der Waals surface area contributed by atoms with Crippen LogP contribution in [0.2, 0.25) is 0 Å². The van der Waals surface area contributed by atoms with Crippen molar-refractivity contribution in [3.63, 3.8) is 0 Å². The highest BCUT2D eigenvalue weighted by atomic mass is 16.6. The van der Waals surface area contributed by atoms with Gasteiger partial charge in [0.05, 0.1) is 4.92 Å². The number of nitro groups is 1. The van der Waals surface area contributed by atoms with Crippen LogP contribution in [0.4, 0.5) is 5.69 Å². The Morgan fingerprint density at radius 2 is 1.60 bits per heavy atom. The zero-order valence-electron chi connectivity index (χ0n) is 10.7. The van der Waals surface area contributed by atoms with E-state index in [0.717, 1.165) is 11.1 Å². The molecule has 0 unspecified atom stereocenters. The summed E-state index contributed by atoms with van der Waals surface area (Å²) in [4.78, 5) is 10.2. The fourth-order valence-corrected chi connectivity index (χ4v) is 1.79. The van der Waals surface area contributed by atoms with Crippen molar-refractivity contribution in [2.24, 2.45) is 0 Å². The average Bonchev–Trinajstić information content (AvgIpc) is 2.47. The first-order valence-corrected chi connectivity index (χ1v) is 6.01. The first kappa shape index (κ1) is 13.6. The highest BCUT2D eigenvalue weighted by Crippen LogP contribution is 2.17. The van der Waals surface area contributed by atoms with Gasteiger partial charge in [-0.15, -0.1) is 0 Å². The van der Waals surface area contributed by atoms with Crippen LogP contribution in [0.15, 0.2) is 48.5 Å². The Hall–Kier alpha value is -2.87. The monoisotopic (exact) mass is 268 g/mol. The minimum absolute atomic E-state index is 0.0295. The molecular formula is C15H12N2O3. The molecule has 20 heavy (non-hydrogen) atoms. The van der Waals surface area contributed by atoms with Crippen LogP contribution >= 0.6 is 0 Å². The maximum Gasteiger partial charge on any atom is 0.269 e. The molecule has 0 aromatic heterocycles. The molecule has 0 saturated carbocycles. The lowest BCUT2D eigenvalue weighted by molar-refractivity contribution is -0.384. The Morgan fingerprint density at radius 3 is 2.10 bits per heavy atom. The molecule has 2 aromatic carbocycles. The van der Waals surface area contributed by atoms with Gasteiger partial charge < -0.3 is 4.74 Å². The zero-order valence-corrected chi connectivity index (χ0v) is 10.7. The van der Waals surface area contributed by atoms with Crippen molar-refractivity contribution >= 4 is 5.69 Å². The Labute approximate surface area is 116 Å². The Kier molecular flexibility index (Phi) is 4.30. The lowest BCUT2D eigenvalue weighted by Gasteiger charge is -2.04. The van der Waals surface area contributed by atoms with Crippen molar-refractivity contribution in [2.45, 2.75) is 6.42 Å². The first-order valence-electron chi connectivity index (χ1n) is 6.01. The van der Waals surface area contributed by atoms with Crippen LogP contribution in [0.1, 0.15) is 11.1 Å². The lowest BCUT2D eigenvalue weighted by Crippen LogP contribution is -1.94. The van der Waals surface area contributed by atoms with Gasteiger partial charge in [0, 0.05) is 12.1 Å². The van der Waals surface area contributed by atoms with Gasteiger partial charge in [0.15, 0.2) is 6.61 Å². The van der Waals surface area contributed by atoms with E-state index in [0.29, 0.717) is 12.2 Å². The molecule has 100 valence electrons. The van der Waals surface area contributed by atoms with Gasteiger partial charge in [-0.2, -0.15) is 5.26 Å². The van der Waals surface area contributed by atoms with Gasteiger partial charge in [-0.1, -0.05) is 24.3 Å². The van der Waals surface area contributed by atoms with Crippen LogP contribution in [-0.4, -0.2) is 11.5 Å². The minimum Gasteiger partial charge on any atom is -0.479 e. The van der Waals surface area contributed by atoms with Crippen molar-refractivity contribution < 1.29 is 9.66 Å². The summed E-state index contributed by atoms with van der Waals surface area (Å²) >= 11 is 0. The van der Waals surface area contributed by atoms with Gasteiger partial charge in [0.1, 0.15) is 11.8 Å². The second-order valence-electron chi connectivity index (χ2n) is 4.19. The highest BCUT2D eigenvalue weighted by molar-refractivity contribution is 5.36. The Morgan fingerprint density at radius 1 is 1.05 bits per heavy atom. The van der Waals surface area contributed by atoms with Crippen molar-refractivity contribution in [1.29, 1.82) is 5.26 Å². The van der Waals surface area contributed by atoms with Gasteiger partial charge in [-0.05, 0) is 29.7 Å². The second kappa shape index (κ2) is 6.34. The van der Waals surface area contributed by atoms with E-state index in [1.165, 1.54) is 12.1 Å². The van der Waals surface area contributed by atoms with E-state index in [-0.39, 0.29) is 12.3 Å². The number of hydrogen-bond acceptors (Lipinski definition) is 4. The van der Waals surface area contributed by atoms with Crippen molar-refractivity contribution in [3.8, 4) is 11.8 Å². The smallest absolute Gasteiger partial charge is 0.269 e. The fraction of sp³-hybridized carbons (Fsp3) is 0.133. The number of ether oxygens (including phenoxy) is 1. The molecule has 0 saturated heterocycles. The summed E-state index contributed by atoms with van der Waals surface area (Å²) in [6.07, 6.45) is 0.691. The summed E-state index contributed by atoms with van der Waals surface area (Å²) in [7, 11) is 0. The van der Waals surface area contributed by atoms with Gasteiger partial charge in [-0.3, -0.25) is 10.1 Å². The van der Waals surface area contributed by atoms with Crippen LogP contribution < -0.4 is 4.74 Å². The van der Waals surface area contributed by atoms with E-state index >= 15 is 0 Å². The topological polar surface area (TPSA) is 76.2 Å². The van der Waals surface area contributed by atoms with Gasteiger partial charge in [0.25, 0.3) is 5.69 Å². The van der Waals surface area contributed by atoms with E-state index in [1.54, 1.807) is 24.3 Å². The van der Waals surface area contributed by atoms with Crippen LogP contribution in [0.3, 0.4) is 0 Å². The molecule has 5 nitrogen and oxygen atoms in total. The van der Waals surface area contributed by atoms with Gasteiger partial charge in [-0.25, -0.2) is 0 Å². The lowest BCUT2D eigenvalue weighted by atomic mass is 10.0. The first-order chi connectivity index (χ1) is 9.69. The van der Waals surface area contributed by atoms with Crippen LogP contribution in [0, 0.1) is 21.4 Å². The normalized spacial score (nSPS) is 9.75. The summed E-state index contributed by atoms with van der Waals surface area (Å²) in [5.41, 5.74) is 2.17. The number of nitrogens with zero attached hydrogens (tertiary/aromatic N) is 2. The molecule has 0 bridgehead atoms. The molecule has 5 heteroatoms. The summed E-state index contributed by atoms with van der Waals surface area (Å²) in [5, 5.41) is 19.0. The molecule has 0 fully saturated rings. The summed E-state index contributed by atoms with van der Waals surface area (Å²) in [5.74, 6) is 0.652. The van der Waals surface area contributed by atoms with Crippen LogP contribution in [-0.2, 0) is 6.42 Å². The largest absolute Gasteiger partial charge is 0.479 e. The fourth-order valence-electron chi connectivity index (χ4n) is 1.79. The molecule has 0 spiro atoms. The van der Waals surface area contributed by atoms with Crippen LogP contribution in [0.5, 0.6) is 5.75 Å². The van der Waals surface area contributed by atoms with Crippen LogP contribution in [0.25, 0.3) is 0 Å². The van der Waals surface area contributed by atoms with Gasteiger partial charge >= 0.3 is 0 Å². The average molecular weight is 268 g/mol. The number of nitriles is 1. The molecule has 2 aromatic rings. The number of rotatable bonds is 5. The number of non-ortho nitro benzene ring substituents is 1. The number of hydrogen-bond donors (Lipinski definition) is 0. The summed E-state index contributed by atoms with van der Waals surface area (Å²) < 4.78 is 5.17. The Balaban J connectivity index is 2.02. The maximum atomic E-state index is 10.6. The molecule has 0 aliphatic heterocycles. The maximum absolute atomic E-state index is 10.6. The molecular weight excluding hydrogens is 256 g/mol. The third kappa shape index (κ3) is 3.56. The third-order valence-electron chi connectivity index (χ3n) is 2.78. The SMILES string of the molecule is N#CCOc1ccc(Cc2ccc([N+](=O)[O-])cc2)cc1. The molecule has 2 rings (SSSR count). The number of nitro benzene ring substituents is 1. The molecule has 0 aliphatic rings. The van der Waals surface area contributed by atoms with E-state index in [9.17, 15) is 10.1 Å². The van der Waals surface area contributed by atoms with E-state index < -0.39 is 4.92 Å². The van der Waals surface area contributed by atoms with E-state index in [2.05, 4.69) is 0 Å². The van der Waals surface area contributed by atoms with Crippen molar-refractivity contribution in [3.05, 3.63) is 69.8 Å². The molecule has 0 radical (unpaired) electrons. The molecule has 0 heterocycles. The molecule has 0 aliphatic carbocycles. The minimum atomic E-state index is -0.412. The predicted octanol–water partition coefficient (Wildman–Crippen LogP) is 3.09. The molecule has 0 N–H and O–H groups in total. The van der Waals surface area contributed by atoms with Crippen molar-refractivity contribution in [2.75, 3.05) is 6.61 Å². The quantitative estimate of drug-likeness (QED) is 0.616. The zero-order chi connectivity index (χ0) is 14.4. The molecule has 0 amide bonds. The summed E-state index contributed by atoms with van der Waals surface area (Å²) in [6, 6.07) is 15.8. The van der Waals surface area contributed by atoms with Gasteiger partial charge in [0.2, 0.25) is 0 Å². The standard InChI is InChI=1S/C15H12N2O3/c16-9-10-20-15-7-3-13(4-8-15)11-12-1-5-14(6-2-12)17(18)19/h1-8H,10-11H2. The second-order valence-corrected chi connectivity index (χ2v) is 4.19. The van der Waals surface area contributed by atoms with E-state index in [1.807, 2.05) is 18.2 Å². The van der Waals surface area contributed by atoms with Crippen molar-refractivity contribution in [1.82, 2.24) is 0 Å². The number of benzene rings is 2. The molecule has 0 atom stereocenters. The van der Waals surface area contributed by atoms with E-state index in [4.69, 9.17) is 10.00 Å². The highest BCUT2D eigenvalue weighted by Gasteiger charge is 2.04. The predicted molar refractivity (Wildman–Crippen MR) is 73.5 cm³/mol. The third-order valence-corrected chi connectivity index (χ3v) is 2.78. The Bertz CT molecular complexity index is 628.